The topological polar surface area (TPSA) is 52.2 Å². The first kappa shape index (κ1) is 15.9. The molecule has 1 aromatic rings. The highest BCUT2D eigenvalue weighted by molar-refractivity contribution is 7.98. The van der Waals surface area contributed by atoms with Crippen molar-refractivity contribution < 1.29 is 4.79 Å². The molecule has 3 rings (SSSR count). The second-order valence-electron chi connectivity index (χ2n) is 6.40. The molecule has 0 saturated carbocycles. The van der Waals surface area contributed by atoms with Crippen LogP contribution < -0.4 is 0 Å². The van der Waals surface area contributed by atoms with Crippen molar-refractivity contribution in [2.24, 2.45) is 5.92 Å². The van der Waals surface area contributed by atoms with E-state index in [0.29, 0.717) is 17.9 Å². The second kappa shape index (κ2) is 7.51. The Labute approximate surface area is 136 Å². The number of carbonyl (C=O) groups is 1. The normalized spacial score (nSPS) is 26.2. The van der Waals surface area contributed by atoms with Crippen LogP contribution in [0.5, 0.6) is 0 Å². The first-order valence-corrected chi connectivity index (χ1v) is 9.65. The molecule has 0 spiro atoms. The van der Waals surface area contributed by atoms with E-state index in [2.05, 4.69) is 26.0 Å². The summed E-state index contributed by atoms with van der Waals surface area (Å²) in [5.74, 6) is 2.17. The number of H-pyrrole nitrogens is 1. The summed E-state index contributed by atoms with van der Waals surface area (Å²) < 4.78 is 0. The molecule has 0 aliphatic carbocycles. The molecule has 2 fully saturated rings. The second-order valence-corrected chi connectivity index (χ2v) is 7.39. The standard InChI is InChI=1S/C16H26N4OS/c1-22-8-2-6-20-15-5-7-19(11-14-9-17-12-18-14)10-13(15)3-4-16(20)21/h9,12-13,15H,2-8,10-11H2,1H3,(H,17,18)/t13-,15+/m0/s1. The number of nitrogens with one attached hydrogen (secondary N) is 1. The van der Waals surface area contributed by atoms with E-state index in [4.69, 9.17) is 0 Å². The zero-order valence-electron chi connectivity index (χ0n) is 13.3. The number of hydrogen-bond donors (Lipinski definition) is 1. The Morgan fingerprint density at radius 1 is 1.45 bits per heavy atom. The molecule has 2 atom stereocenters. The summed E-state index contributed by atoms with van der Waals surface area (Å²) in [6, 6.07) is 0.473. The fourth-order valence-electron chi connectivity index (χ4n) is 3.85. The third kappa shape index (κ3) is 3.66. The van der Waals surface area contributed by atoms with Gasteiger partial charge in [-0.2, -0.15) is 11.8 Å². The molecular formula is C16H26N4OS. The molecule has 22 heavy (non-hydrogen) atoms. The van der Waals surface area contributed by atoms with Gasteiger partial charge in [-0.15, -0.1) is 0 Å². The van der Waals surface area contributed by atoms with E-state index >= 15 is 0 Å². The molecule has 0 radical (unpaired) electrons. The van der Waals surface area contributed by atoms with Crippen molar-refractivity contribution in [3.63, 3.8) is 0 Å². The minimum absolute atomic E-state index is 0.379. The Morgan fingerprint density at radius 2 is 2.36 bits per heavy atom. The Bertz CT molecular complexity index is 479. The number of fused-ring (bicyclic) bond motifs is 1. The van der Waals surface area contributed by atoms with E-state index in [9.17, 15) is 4.79 Å². The third-order valence-corrected chi connectivity index (χ3v) is 5.62. The highest BCUT2D eigenvalue weighted by Gasteiger charge is 2.38. The van der Waals surface area contributed by atoms with Gasteiger partial charge < -0.3 is 9.88 Å². The minimum atomic E-state index is 0.379. The van der Waals surface area contributed by atoms with Crippen molar-refractivity contribution in [2.45, 2.75) is 38.3 Å². The zero-order valence-corrected chi connectivity index (χ0v) is 14.1. The fourth-order valence-corrected chi connectivity index (χ4v) is 4.27. The number of imidazole rings is 1. The monoisotopic (exact) mass is 322 g/mol. The maximum atomic E-state index is 12.3. The molecule has 2 saturated heterocycles. The van der Waals surface area contributed by atoms with E-state index in [1.807, 2.05) is 18.0 Å². The molecule has 3 heterocycles. The van der Waals surface area contributed by atoms with Crippen LogP contribution in [-0.4, -0.2) is 63.4 Å². The average molecular weight is 322 g/mol. The number of hydrogen-bond acceptors (Lipinski definition) is 4. The van der Waals surface area contributed by atoms with Crippen molar-refractivity contribution in [1.82, 2.24) is 19.8 Å². The molecule has 122 valence electrons. The lowest BCUT2D eigenvalue weighted by molar-refractivity contribution is -0.141. The number of likely N-dealkylation sites (tertiary alicyclic amines) is 2. The molecule has 1 amide bonds. The van der Waals surface area contributed by atoms with Gasteiger partial charge in [0.15, 0.2) is 0 Å². The van der Waals surface area contributed by atoms with Gasteiger partial charge in [-0.25, -0.2) is 4.98 Å². The molecule has 1 aromatic heterocycles. The summed E-state index contributed by atoms with van der Waals surface area (Å²) >= 11 is 1.87. The predicted molar refractivity (Wildman–Crippen MR) is 89.7 cm³/mol. The maximum Gasteiger partial charge on any atom is 0.222 e. The lowest BCUT2D eigenvalue weighted by Gasteiger charge is -2.47. The van der Waals surface area contributed by atoms with Gasteiger partial charge in [0.1, 0.15) is 0 Å². The van der Waals surface area contributed by atoms with Crippen LogP contribution in [0.25, 0.3) is 0 Å². The molecule has 6 heteroatoms. The molecule has 0 bridgehead atoms. The van der Waals surface area contributed by atoms with Crippen molar-refractivity contribution >= 4 is 17.7 Å². The maximum absolute atomic E-state index is 12.3. The van der Waals surface area contributed by atoms with Crippen molar-refractivity contribution in [3.8, 4) is 0 Å². The van der Waals surface area contributed by atoms with E-state index in [0.717, 1.165) is 57.6 Å². The van der Waals surface area contributed by atoms with Crippen LogP contribution in [0.1, 0.15) is 31.4 Å². The molecule has 0 unspecified atom stereocenters. The number of nitrogens with zero attached hydrogens (tertiary/aromatic N) is 3. The van der Waals surface area contributed by atoms with E-state index < -0.39 is 0 Å². The number of amides is 1. The van der Waals surface area contributed by atoms with Gasteiger partial charge in [0.2, 0.25) is 5.91 Å². The van der Waals surface area contributed by atoms with Crippen molar-refractivity contribution in [2.75, 3.05) is 31.6 Å². The molecule has 2 aliphatic rings. The Kier molecular flexibility index (Phi) is 5.41. The molecular weight excluding hydrogens is 296 g/mol. The summed E-state index contributed by atoms with van der Waals surface area (Å²) in [6.07, 6.45) is 9.81. The molecule has 0 aromatic carbocycles. The molecule has 2 aliphatic heterocycles. The van der Waals surface area contributed by atoms with E-state index in [1.54, 1.807) is 6.33 Å². The van der Waals surface area contributed by atoms with Gasteiger partial charge in [0.05, 0.1) is 6.33 Å². The molecule has 1 N–H and O–H groups in total. The van der Waals surface area contributed by atoms with Gasteiger partial charge in [-0.1, -0.05) is 0 Å². The van der Waals surface area contributed by atoms with Gasteiger partial charge in [0.25, 0.3) is 0 Å². The minimum Gasteiger partial charge on any atom is -0.347 e. The quantitative estimate of drug-likeness (QED) is 0.814. The first-order chi connectivity index (χ1) is 10.8. The van der Waals surface area contributed by atoms with E-state index in [1.165, 1.54) is 5.69 Å². The summed E-state index contributed by atoms with van der Waals surface area (Å²) in [5.41, 5.74) is 1.18. The Balaban J connectivity index is 1.57. The highest BCUT2D eigenvalue weighted by Crippen LogP contribution is 2.31. The fraction of sp³-hybridized carbons (Fsp3) is 0.750. The number of rotatable bonds is 6. The Morgan fingerprint density at radius 3 is 3.14 bits per heavy atom. The van der Waals surface area contributed by atoms with Gasteiger partial charge in [-0.05, 0) is 37.2 Å². The smallest absolute Gasteiger partial charge is 0.222 e. The summed E-state index contributed by atoms with van der Waals surface area (Å²) in [7, 11) is 0. The van der Waals surface area contributed by atoms with Crippen LogP contribution in [0.15, 0.2) is 12.5 Å². The van der Waals surface area contributed by atoms with Crippen molar-refractivity contribution in [1.29, 1.82) is 0 Å². The largest absolute Gasteiger partial charge is 0.347 e. The third-order valence-electron chi connectivity index (χ3n) is 4.92. The highest BCUT2D eigenvalue weighted by atomic mass is 32.2. The van der Waals surface area contributed by atoms with Crippen LogP contribution in [0, 0.1) is 5.92 Å². The number of thioether (sulfide) groups is 1. The lowest BCUT2D eigenvalue weighted by atomic mass is 9.83. The first-order valence-electron chi connectivity index (χ1n) is 8.26. The Hall–Kier alpha value is -1.01. The summed E-state index contributed by atoms with van der Waals surface area (Å²) in [5, 5.41) is 0. The number of piperidine rings is 2. The average Bonchev–Trinajstić information content (AvgIpc) is 3.02. The SMILES string of the molecule is CSCCCN1C(=O)CC[C@H]2CN(Cc3cnc[nH]3)CC[C@H]21. The number of aromatic nitrogens is 2. The van der Waals surface area contributed by atoms with Crippen LogP contribution in [0.2, 0.25) is 0 Å². The van der Waals surface area contributed by atoms with Gasteiger partial charge in [-0.3, -0.25) is 9.69 Å². The number of aromatic amines is 1. The zero-order chi connectivity index (χ0) is 15.4. The van der Waals surface area contributed by atoms with Crippen LogP contribution in [0.3, 0.4) is 0 Å². The van der Waals surface area contributed by atoms with Crippen LogP contribution >= 0.6 is 11.8 Å². The lowest BCUT2D eigenvalue weighted by Crippen LogP contribution is -2.56. The summed E-state index contributed by atoms with van der Waals surface area (Å²) in [4.78, 5) is 24.3. The van der Waals surface area contributed by atoms with E-state index in [-0.39, 0.29) is 0 Å². The molecule has 5 nitrogen and oxygen atoms in total. The number of carbonyl (C=O) groups excluding carboxylic acids is 1. The van der Waals surface area contributed by atoms with Crippen LogP contribution in [0.4, 0.5) is 0 Å². The van der Waals surface area contributed by atoms with Crippen molar-refractivity contribution in [3.05, 3.63) is 18.2 Å². The summed E-state index contributed by atoms with van der Waals surface area (Å²) in [6.45, 7) is 4.08. The van der Waals surface area contributed by atoms with Gasteiger partial charge >= 0.3 is 0 Å². The van der Waals surface area contributed by atoms with Crippen LogP contribution in [-0.2, 0) is 11.3 Å². The predicted octanol–water partition coefficient (Wildman–Crippen LogP) is 1.98. The van der Waals surface area contributed by atoms with Gasteiger partial charge in [0, 0.05) is 50.5 Å².